The van der Waals surface area contributed by atoms with E-state index < -0.39 is 11.8 Å². The molecule has 0 saturated heterocycles. The zero-order valence-corrected chi connectivity index (χ0v) is 24.3. The van der Waals surface area contributed by atoms with Crippen LogP contribution in [-0.4, -0.2) is 42.0 Å². The predicted molar refractivity (Wildman–Crippen MR) is 165 cm³/mol. The van der Waals surface area contributed by atoms with Crippen LogP contribution < -0.4 is 0 Å². The van der Waals surface area contributed by atoms with Gasteiger partial charge in [-0.15, -0.1) is 22.7 Å². The maximum atomic E-state index is 12.9. The number of phenols is 2. The molecule has 2 aromatic carbocycles. The standard InChI is InChI=1S/C33H26N2O6S2/c36-14-26-22(8-20(10-30(26)40)32-12-34-16-42-32)24-6-18(1-3-28(24)38)5-19-2-4-29(39)25(7-19)23-9-21(33-13-35-17-43-33)11-31(41)27(23)15-37/h1-4,6-7,10-17,22-23,36-39H,5,8-9H2/b26-14-,27-15-. The van der Waals surface area contributed by atoms with E-state index in [2.05, 4.69) is 9.97 Å². The van der Waals surface area contributed by atoms with Crippen LogP contribution >= 0.6 is 22.7 Å². The number of nitrogens with zero attached hydrogens (tertiary/aromatic N) is 2. The van der Waals surface area contributed by atoms with Crippen LogP contribution in [0.1, 0.15) is 56.7 Å². The number of benzene rings is 2. The highest BCUT2D eigenvalue weighted by Gasteiger charge is 2.32. The molecular formula is C33H26N2O6S2. The van der Waals surface area contributed by atoms with Gasteiger partial charge < -0.3 is 20.4 Å². The van der Waals surface area contributed by atoms with Gasteiger partial charge in [0, 0.05) is 46.5 Å². The summed E-state index contributed by atoms with van der Waals surface area (Å²) in [6.07, 6.45) is 9.27. The smallest absolute Gasteiger partial charge is 0.185 e. The second kappa shape index (κ2) is 11.8. The quantitative estimate of drug-likeness (QED) is 0.139. The van der Waals surface area contributed by atoms with Crippen molar-refractivity contribution < 1.29 is 30.0 Å². The lowest BCUT2D eigenvalue weighted by Crippen LogP contribution is -2.17. The van der Waals surface area contributed by atoms with Crippen molar-refractivity contribution in [3.8, 4) is 11.5 Å². The number of thiazole rings is 2. The van der Waals surface area contributed by atoms with Crippen molar-refractivity contribution in [2.24, 2.45) is 0 Å². The summed E-state index contributed by atoms with van der Waals surface area (Å²) >= 11 is 2.84. The Morgan fingerprint density at radius 2 is 1.16 bits per heavy atom. The van der Waals surface area contributed by atoms with E-state index in [1.807, 2.05) is 12.1 Å². The molecule has 0 spiro atoms. The van der Waals surface area contributed by atoms with Gasteiger partial charge in [0.05, 0.1) is 33.3 Å². The number of hydrogen-bond donors (Lipinski definition) is 4. The van der Waals surface area contributed by atoms with Crippen molar-refractivity contribution in [2.75, 3.05) is 0 Å². The van der Waals surface area contributed by atoms with Crippen LogP contribution in [0, 0.1) is 0 Å². The molecule has 6 rings (SSSR count). The van der Waals surface area contributed by atoms with Crippen molar-refractivity contribution >= 4 is 45.4 Å². The van der Waals surface area contributed by atoms with Gasteiger partial charge in [-0.05, 0) is 65.8 Å². The molecule has 0 aliphatic heterocycles. The zero-order chi connectivity index (χ0) is 30.1. The van der Waals surface area contributed by atoms with Crippen molar-refractivity contribution in [3.05, 3.63) is 128 Å². The summed E-state index contributed by atoms with van der Waals surface area (Å²) in [7, 11) is 0. The van der Waals surface area contributed by atoms with Crippen molar-refractivity contribution in [1.29, 1.82) is 0 Å². The van der Waals surface area contributed by atoms with Crippen LogP contribution in [0.15, 0.2) is 95.6 Å². The number of aromatic nitrogens is 2. The molecule has 10 heteroatoms. The number of hydrogen-bond acceptors (Lipinski definition) is 10. The molecular weight excluding hydrogens is 585 g/mol. The second-order valence-electron chi connectivity index (χ2n) is 10.4. The average molecular weight is 611 g/mol. The lowest BCUT2D eigenvalue weighted by molar-refractivity contribution is -0.112. The third-order valence-electron chi connectivity index (χ3n) is 7.90. The third kappa shape index (κ3) is 5.54. The Labute approximate surface area is 255 Å². The molecule has 2 aliphatic rings. The number of ketones is 2. The van der Waals surface area contributed by atoms with Crippen LogP contribution in [0.4, 0.5) is 0 Å². The molecule has 4 aromatic rings. The predicted octanol–water partition coefficient (Wildman–Crippen LogP) is 6.77. The third-order valence-corrected chi connectivity index (χ3v) is 9.59. The molecule has 2 atom stereocenters. The molecule has 0 fully saturated rings. The number of rotatable bonds is 6. The van der Waals surface area contributed by atoms with Gasteiger partial charge in [0.1, 0.15) is 11.5 Å². The molecule has 8 nitrogen and oxygen atoms in total. The van der Waals surface area contributed by atoms with Crippen LogP contribution in [0.3, 0.4) is 0 Å². The van der Waals surface area contributed by atoms with Crippen LogP contribution in [0.5, 0.6) is 11.5 Å². The minimum atomic E-state index is -0.558. The minimum Gasteiger partial charge on any atom is -0.515 e. The van der Waals surface area contributed by atoms with Gasteiger partial charge >= 0.3 is 0 Å². The molecule has 216 valence electrons. The van der Waals surface area contributed by atoms with Gasteiger partial charge in [-0.3, -0.25) is 19.6 Å². The summed E-state index contributed by atoms with van der Waals surface area (Å²) in [4.78, 5) is 35.8. The van der Waals surface area contributed by atoms with Crippen LogP contribution in [-0.2, 0) is 16.0 Å². The van der Waals surface area contributed by atoms with Gasteiger partial charge in [-0.25, -0.2) is 0 Å². The van der Waals surface area contributed by atoms with E-state index in [1.165, 1.54) is 34.8 Å². The second-order valence-corrected chi connectivity index (χ2v) is 12.2. The summed E-state index contributed by atoms with van der Waals surface area (Å²) < 4.78 is 0. The van der Waals surface area contributed by atoms with Gasteiger partial charge in [-0.1, -0.05) is 24.3 Å². The van der Waals surface area contributed by atoms with E-state index in [-0.39, 0.29) is 34.2 Å². The number of aromatic hydroxyl groups is 2. The van der Waals surface area contributed by atoms with E-state index in [1.54, 1.807) is 47.7 Å². The van der Waals surface area contributed by atoms with Gasteiger partial charge in [0.25, 0.3) is 0 Å². The van der Waals surface area contributed by atoms with E-state index in [0.717, 1.165) is 44.6 Å². The molecule has 2 unspecified atom stereocenters. The molecule has 0 radical (unpaired) electrons. The van der Waals surface area contributed by atoms with Crippen molar-refractivity contribution in [3.63, 3.8) is 0 Å². The number of allylic oxidation sites excluding steroid dienone is 6. The fourth-order valence-electron chi connectivity index (χ4n) is 5.78. The summed E-state index contributed by atoms with van der Waals surface area (Å²) in [6, 6.07) is 10.4. The number of phenolic OH excluding ortho intramolecular Hbond substituents is 2. The molecule has 2 heterocycles. The monoisotopic (exact) mass is 610 g/mol. The fraction of sp³-hybridized carbons (Fsp3) is 0.152. The summed E-state index contributed by atoms with van der Waals surface area (Å²) in [5.41, 5.74) is 8.06. The molecule has 43 heavy (non-hydrogen) atoms. The fourth-order valence-corrected chi connectivity index (χ4v) is 7.08. The summed E-state index contributed by atoms with van der Waals surface area (Å²) in [5.74, 6) is -1.74. The van der Waals surface area contributed by atoms with Gasteiger partial charge in [0.15, 0.2) is 11.6 Å². The molecule has 2 aromatic heterocycles. The summed E-state index contributed by atoms with van der Waals surface area (Å²) in [6.45, 7) is 0. The first-order valence-electron chi connectivity index (χ1n) is 13.5. The Kier molecular flexibility index (Phi) is 7.79. The molecule has 0 saturated carbocycles. The molecule has 4 N–H and O–H groups in total. The Morgan fingerprint density at radius 3 is 1.53 bits per heavy atom. The SMILES string of the molecule is O=C1C=C(c2cncs2)CC(c2cc(Cc3ccc(O)c(C4CC(c5cncs5)=CC(=O)/C4=C\O)c3)ccc2O)/C1=C/O. The minimum absolute atomic E-state index is 0.0127. The average Bonchev–Trinajstić information content (AvgIpc) is 3.74. The number of aliphatic hydroxyl groups is 2. The van der Waals surface area contributed by atoms with Gasteiger partial charge in [-0.2, -0.15) is 0 Å². The Morgan fingerprint density at radius 1 is 0.721 bits per heavy atom. The van der Waals surface area contributed by atoms with Crippen LogP contribution in [0.2, 0.25) is 0 Å². The maximum absolute atomic E-state index is 12.9. The van der Waals surface area contributed by atoms with E-state index in [9.17, 15) is 30.0 Å². The van der Waals surface area contributed by atoms with Crippen molar-refractivity contribution in [1.82, 2.24) is 9.97 Å². The first-order chi connectivity index (χ1) is 20.9. The highest BCUT2D eigenvalue weighted by molar-refractivity contribution is 7.11. The first-order valence-corrected chi connectivity index (χ1v) is 15.2. The van der Waals surface area contributed by atoms with E-state index >= 15 is 0 Å². The van der Waals surface area contributed by atoms with Crippen molar-refractivity contribution in [2.45, 2.75) is 31.1 Å². The van der Waals surface area contributed by atoms with Gasteiger partial charge in [0.2, 0.25) is 0 Å². The number of aliphatic hydroxyl groups excluding tert-OH is 2. The molecule has 0 amide bonds. The Bertz CT molecular complexity index is 1700. The first kappa shape index (κ1) is 28.3. The Balaban J connectivity index is 1.31. The molecule has 0 bridgehead atoms. The Hall–Kier alpha value is -4.80. The van der Waals surface area contributed by atoms with Crippen LogP contribution in [0.25, 0.3) is 11.1 Å². The highest BCUT2D eigenvalue weighted by Crippen LogP contribution is 2.45. The zero-order valence-electron chi connectivity index (χ0n) is 22.7. The molecule has 2 aliphatic carbocycles. The highest BCUT2D eigenvalue weighted by atomic mass is 32.1. The number of carbonyl (C=O) groups is 2. The number of carbonyl (C=O) groups excluding carboxylic acids is 2. The topological polar surface area (TPSA) is 141 Å². The van der Waals surface area contributed by atoms with E-state index in [4.69, 9.17) is 0 Å². The largest absolute Gasteiger partial charge is 0.515 e. The lowest BCUT2D eigenvalue weighted by Gasteiger charge is -2.26. The summed E-state index contributed by atoms with van der Waals surface area (Å²) in [5, 5.41) is 41.6. The normalized spacial score (nSPS) is 20.8. The van der Waals surface area contributed by atoms with E-state index in [0.29, 0.717) is 30.4 Å². The maximum Gasteiger partial charge on any atom is 0.185 e. The lowest BCUT2D eigenvalue weighted by atomic mass is 9.78.